The van der Waals surface area contributed by atoms with Crippen LogP contribution in [0.1, 0.15) is 24.0 Å². The maximum absolute atomic E-state index is 11.6. The number of ether oxygens (including phenoxy) is 1. The summed E-state index contributed by atoms with van der Waals surface area (Å²) in [5.74, 6) is 1.05. The van der Waals surface area contributed by atoms with Gasteiger partial charge in [0, 0.05) is 11.8 Å². The van der Waals surface area contributed by atoms with E-state index in [-0.39, 0.29) is 11.2 Å². The number of rotatable bonds is 3. The number of carbonyl (C=O) groups is 1. The van der Waals surface area contributed by atoms with E-state index < -0.39 is 0 Å². The average Bonchev–Trinajstić information content (AvgIpc) is 2.57. The number of hydrogen-bond acceptors (Lipinski definition) is 2. The molecule has 0 amide bonds. The van der Waals surface area contributed by atoms with E-state index >= 15 is 0 Å². The molecule has 0 N–H and O–H groups in total. The predicted octanol–water partition coefficient (Wildman–Crippen LogP) is 3.90. The molecule has 0 saturated carbocycles. The highest BCUT2D eigenvalue weighted by Gasteiger charge is 2.34. The van der Waals surface area contributed by atoms with E-state index in [1.165, 1.54) is 11.1 Å². The fourth-order valence-electron chi connectivity index (χ4n) is 2.99. The Morgan fingerprint density at radius 1 is 0.952 bits per heavy atom. The molecule has 2 aromatic rings. The van der Waals surface area contributed by atoms with Crippen LogP contribution in [0.2, 0.25) is 0 Å². The Balaban J connectivity index is 2.12. The number of hydrogen-bond donors (Lipinski definition) is 0. The van der Waals surface area contributed by atoms with E-state index in [1.807, 2.05) is 30.3 Å². The summed E-state index contributed by atoms with van der Waals surface area (Å²) < 4.78 is 5.24. The highest BCUT2D eigenvalue weighted by Crippen LogP contribution is 2.40. The molecular formula is C19H18O2. The zero-order valence-corrected chi connectivity index (χ0v) is 12.1. The second-order valence-electron chi connectivity index (χ2n) is 5.37. The van der Waals surface area contributed by atoms with Gasteiger partial charge in [0.05, 0.1) is 7.11 Å². The van der Waals surface area contributed by atoms with Gasteiger partial charge >= 0.3 is 0 Å². The molecule has 2 nitrogen and oxygen atoms in total. The molecule has 2 aromatic carbocycles. The molecule has 3 rings (SSSR count). The molecule has 0 spiro atoms. The molecule has 1 unspecified atom stereocenters. The highest BCUT2D eigenvalue weighted by atomic mass is 16.5. The van der Waals surface area contributed by atoms with Gasteiger partial charge in [-0.15, -0.1) is 0 Å². The van der Waals surface area contributed by atoms with Crippen LogP contribution in [0.4, 0.5) is 0 Å². The first-order valence-electron chi connectivity index (χ1n) is 7.17. The Morgan fingerprint density at radius 2 is 1.62 bits per heavy atom. The van der Waals surface area contributed by atoms with Crippen molar-refractivity contribution in [1.29, 1.82) is 0 Å². The first-order chi connectivity index (χ1) is 10.2. The SMILES string of the molecule is COc1ccc(C2(c3ccccc3)C=CC(=O)CC2)cc1. The van der Waals surface area contributed by atoms with Gasteiger partial charge in [0.2, 0.25) is 0 Å². The zero-order chi connectivity index (χ0) is 14.7. The van der Waals surface area contributed by atoms with Gasteiger partial charge in [0.25, 0.3) is 0 Å². The van der Waals surface area contributed by atoms with Gasteiger partial charge in [0.15, 0.2) is 5.78 Å². The van der Waals surface area contributed by atoms with Crippen molar-refractivity contribution in [3.8, 4) is 5.75 Å². The van der Waals surface area contributed by atoms with Crippen molar-refractivity contribution in [3.05, 3.63) is 77.9 Å². The molecule has 1 aliphatic carbocycles. The smallest absolute Gasteiger partial charge is 0.155 e. The lowest BCUT2D eigenvalue weighted by Crippen LogP contribution is -2.29. The monoisotopic (exact) mass is 278 g/mol. The molecule has 1 aliphatic rings. The number of carbonyl (C=O) groups excluding carboxylic acids is 1. The summed E-state index contributed by atoms with van der Waals surface area (Å²) in [4.78, 5) is 11.6. The van der Waals surface area contributed by atoms with Crippen molar-refractivity contribution in [2.75, 3.05) is 7.11 Å². The Labute approximate surface area is 125 Å². The van der Waals surface area contributed by atoms with E-state index in [1.54, 1.807) is 13.2 Å². The maximum atomic E-state index is 11.6. The minimum atomic E-state index is -0.221. The minimum Gasteiger partial charge on any atom is -0.497 e. The first kappa shape index (κ1) is 13.6. The van der Waals surface area contributed by atoms with Crippen LogP contribution < -0.4 is 4.74 Å². The third-order valence-electron chi connectivity index (χ3n) is 4.21. The minimum absolute atomic E-state index is 0.204. The quantitative estimate of drug-likeness (QED) is 0.851. The van der Waals surface area contributed by atoms with Crippen LogP contribution in [0.5, 0.6) is 5.75 Å². The van der Waals surface area contributed by atoms with Crippen LogP contribution in [0.3, 0.4) is 0 Å². The van der Waals surface area contributed by atoms with Crippen molar-refractivity contribution < 1.29 is 9.53 Å². The lowest BCUT2D eigenvalue weighted by Gasteiger charge is -2.34. The van der Waals surface area contributed by atoms with Gasteiger partial charge in [-0.25, -0.2) is 0 Å². The molecule has 0 saturated heterocycles. The highest BCUT2D eigenvalue weighted by molar-refractivity contribution is 5.91. The molecule has 0 radical (unpaired) electrons. The van der Waals surface area contributed by atoms with E-state index in [0.29, 0.717) is 6.42 Å². The number of ketones is 1. The molecular weight excluding hydrogens is 260 g/mol. The van der Waals surface area contributed by atoms with Gasteiger partial charge in [0.1, 0.15) is 5.75 Å². The third-order valence-corrected chi connectivity index (χ3v) is 4.21. The number of benzene rings is 2. The molecule has 0 heterocycles. The van der Waals surface area contributed by atoms with Crippen LogP contribution in [-0.2, 0) is 10.2 Å². The first-order valence-corrected chi connectivity index (χ1v) is 7.17. The topological polar surface area (TPSA) is 26.3 Å². The van der Waals surface area contributed by atoms with Crippen molar-refractivity contribution in [3.63, 3.8) is 0 Å². The average molecular weight is 278 g/mol. The summed E-state index contributed by atoms with van der Waals surface area (Å²) in [6, 6.07) is 18.5. The Hall–Kier alpha value is -2.35. The van der Waals surface area contributed by atoms with Crippen molar-refractivity contribution in [2.24, 2.45) is 0 Å². The zero-order valence-electron chi connectivity index (χ0n) is 12.1. The summed E-state index contributed by atoms with van der Waals surface area (Å²) in [6.07, 6.45) is 5.16. The van der Waals surface area contributed by atoms with Crippen LogP contribution >= 0.6 is 0 Å². The largest absolute Gasteiger partial charge is 0.497 e. The fraction of sp³-hybridized carbons (Fsp3) is 0.211. The van der Waals surface area contributed by atoms with E-state index in [9.17, 15) is 4.79 Å². The summed E-state index contributed by atoms with van der Waals surface area (Å²) in [5.41, 5.74) is 2.19. The maximum Gasteiger partial charge on any atom is 0.155 e. The predicted molar refractivity (Wildman–Crippen MR) is 83.6 cm³/mol. The van der Waals surface area contributed by atoms with Crippen molar-refractivity contribution in [1.82, 2.24) is 0 Å². The van der Waals surface area contributed by atoms with Gasteiger partial charge in [-0.2, -0.15) is 0 Å². The molecule has 0 aliphatic heterocycles. The lowest BCUT2D eigenvalue weighted by atomic mass is 9.68. The molecule has 2 heteroatoms. The molecule has 0 aromatic heterocycles. The summed E-state index contributed by atoms with van der Waals surface area (Å²) >= 11 is 0. The standard InChI is InChI=1S/C19H18O2/c1-21-18-9-7-16(8-10-18)19(13-11-17(20)12-14-19)15-5-3-2-4-6-15/h2-11,13H,12,14H2,1H3. The number of allylic oxidation sites excluding steroid dienone is 2. The van der Waals surface area contributed by atoms with Gasteiger partial charge < -0.3 is 4.74 Å². The molecule has 0 bridgehead atoms. The molecule has 1 atom stereocenters. The molecule has 21 heavy (non-hydrogen) atoms. The fourth-order valence-corrected chi connectivity index (χ4v) is 2.99. The van der Waals surface area contributed by atoms with Crippen molar-refractivity contribution in [2.45, 2.75) is 18.3 Å². The van der Waals surface area contributed by atoms with E-state index in [2.05, 4.69) is 30.3 Å². The lowest BCUT2D eigenvalue weighted by molar-refractivity contribution is -0.115. The summed E-state index contributed by atoms with van der Waals surface area (Å²) in [6.45, 7) is 0. The van der Waals surface area contributed by atoms with Crippen LogP contribution in [0.15, 0.2) is 66.7 Å². The Kier molecular flexibility index (Phi) is 3.61. The second kappa shape index (κ2) is 5.57. The second-order valence-corrected chi connectivity index (χ2v) is 5.37. The van der Waals surface area contributed by atoms with Crippen LogP contribution in [0.25, 0.3) is 0 Å². The third kappa shape index (κ3) is 2.49. The van der Waals surface area contributed by atoms with Gasteiger partial charge in [-0.3, -0.25) is 4.79 Å². The summed E-state index contributed by atoms with van der Waals surface area (Å²) in [5, 5.41) is 0. The van der Waals surface area contributed by atoms with Crippen LogP contribution in [0, 0.1) is 0 Å². The van der Waals surface area contributed by atoms with Crippen molar-refractivity contribution >= 4 is 5.78 Å². The van der Waals surface area contributed by atoms with E-state index in [0.717, 1.165) is 12.2 Å². The molecule has 0 fully saturated rings. The molecule has 106 valence electrons. The van der Waals surface area contributed by atoms with Gasteiger partial charge in [-0.05, 0) is 35.8 Å². The summed E-state index contributed by atoms with van der Waals surface area (Å²) in [7, 11) is 1.67. The van der Waals surface area contributed by atoms with Crippen LogP contribution in [-0.4, -0.2) is 12.9 Å². The number of methoxy groups -OCH3 is 1. The Morgan fingerprint density at radius 3 is 2.19 bits per heavy atom. The Bertz CT molecular complexity index is 656. The normalized spacial score (nSPS) is 21.3. The van der Waals surface area contributed by atoms with Gasteiger partial charge in [-0.1, -0.05) is 48.5 Å². The van der Waals surface area contributed by atoms with E-state index in [4.69, 9.17) is 4.74 Å².